The summed E-state index contributed by atoms with van der Waals surface area (Å²) in [5, 5.41) is 0. The Morgan fingerprint density at radius 3 is 1.64 bits per heavy atom. The fourth-order valence-electron chi connectivity index (χ4n) is 2.53. The van der Waals surface area contributed by atoms with Crippen molar-refractivity contribution in [3.05, 3.63) is 12.2 Å². The molecule has 3 heteroatoms. The van der Waals surface area contributed by atoms with Crippen molar-refractivity contribution in [1.29, 1.82) is 0 Å². The van der Waals surface area contributed by atoms with E-state index < -0.39 is 0 Å². The first-order valence-corrected chi connectivity index (χ1v) is 9.34. The van der Waals surface area contributed by atoms with Crippen LogP contribution in [0.2, 0.25) is 0 Å². The van der Waals surface area contributed by atoms with E-state index in [2.05, 4.69) is 19.1 Å². The van der Waals surface area contributed by atoms with E-state index in [9.17, 15) is 0 Å². The van der Waals surface area contributed by atoms with Gasteiger partial charge in [0, 0.05) is 6.61 Å². The second kappa shape index (κ2) is 23.2. The van der Waals surface area contributed by atoms with Crippen LogP contribution in [0.4, 0.5) is 0 Å². The molecule has 0 aliphatic heterocycles. The Morgan fingerprint density at radius 2 is 1.14 bits per heavy atom. The molecule has 0 radical (unpaired) electrons. The molecule has 0 saturated carbocycles. The minimum atomic E-state index is 0. The minimum Gasteiger partial charge on any atom is -0.367 e. The molecule has 0 bridgehead atoms. The van der Waals surface area contributed by atoms with E-state index in [0.29, 0.717) is 6.73 Å². The van der Waals surface area contributed by atoms with Crippen LogP contribution in [0.15, 0.2) is 12.2 Å². The summed E-state index contributed by atoms with van der Waals surface area (Å²) in [6.45, 7) is 3.47. The highest BCUT2D eigenvalue weighted by molar-refractivity contribution is 5.85. The quantitative estimate of drug-likeness (QED) is 0.190. The Balaban J connectivity index is 0. The Bertz CT molecular complexity index is 210. The van der Waals surface area contributed by atoms with Gasteiger partial charge in [-0.05, 0) is 32.1 Å². The van der Waals surface area contributed by atoms with Crippen LogP contribution in [-0.2, 0) is 4.74 Å². The first-order valence-electron chi connectivity index (χ1n) is 9.34. The second-order valence-corrected chi connectivity index (χ2v) is 6.01. The van der Waals surface area contributed by atoms with Gasteiger partial charge < -0.3 is 10.5 Å². The number of rotatable bonds is 17. The normalized spacial score (nSPS) is 11.0. The third-order valence-electron chi connectivity index (χ3n) is 3.92. The van der Waals surface area contributed by atoms with Crippen LogP contribution in [0.5, 0.6) is 0 Å². The zero-order valence-electron chi connectivity index (χ0n) is 14.9. The molecule has 134 valence electrons. The summed E-state index contributed by atoms with van der Waals surface area (Å²) in [7, 11) is 0. The van der Waals surface area contributed by atoms with Gasteiger partial charge in [0.15, 0.2) is 0 Å². The maximum absolute atomic E-state index is 5.27. The van der Waals surface area contributed by atoms with E-state index in [1.807, 2.05) is 0 Å². The molecule has 0 aromatic heterocycles. The third-order valence-corrected chi connectivity index (χ3v) is 3.92. The van der Waals surface area contributed by atoms with Gasteiger partial charge in [-0.15, -0.1) is 12.4 Å². The van der Waals surface area contributed by atoms with Crippen LogP contribution in [-0.4, -0.2) is 13.3 Å². The van der Waals surface area contributed by atoms with Gasteiger partial charge in [0.2, 0.25) is 0 Å². The van der Waals surface area contributed by atoms with Crippen molar-refractivity contribution in [3.8, 4) is 0 Å². The Labute approximate surface area is 145 Å². The molecular weight excluding hydrogens is 294 g/mol. The summed E-state index contributed by atoms with van der Waals surface area (Å²) in [6, 6.07) is 0. The fourth-order valence-corrected chi connectivity index (χ4v) is 2.53. The molecule has 0 aromatic carbocycles. The molecule has 0 unspecified atom stereocenters. The molecule has 2 N–H and O–H groups in total. The van der Waals surface area contributed by atoms with Crippen molar-refractivity contribution in [2.45, 2.75) is 96.8 Å². The van der Waals surface area contributed by atoms with Crippen LogP contribution in [0, 0.1) is 0 Å². The van der Waals surface area contributed by atoms with Crippen LogP contribution in [0.3, 0.4) is 0 Å². The lowest BCUT2D eigenvalue weighted by atomic mass is 10.1. The SMILES string of the molecule is CCCCCCCC/C=C\CCCCCCCCOCN.Cl. The summed E-state index contributed by atoms with van der Waals surface area (Å²) >= 11 is 0. The zero-order chi connectivity index (χ0) is 15.4. The van der Waals surface area contributed by atoms with Crippen molar-refractivity contribution in [1.82, 2.24) is 0 Å². The van der Waals surface area contributed by atoms with E-state index in [1.165, 1.54) is 83.5 Å². The molecule has 0 aliphatic carbocycles. The summed E-state index contributed by atoms with van der Waals surface area (Å²) in [5.41, 5.74) is 5.27. The fraction of sp³-hybridized carbons (Fsp3) is 0.895. The number of hydrogen-bond acceptors (Lipinski definition) is 2. The highest BCUT2D eigenvalue weighted by Gasteiger charge is 1.91. The van der Waals surface area contributed by atoms with Crippen LogP contribution >= 0.6 is 12.4 Å². The molecule has 0 fully saturated rings. The second-order valence-electron chi connectivity index (χ2n) is 6.01. The summed E-state index contributed by atoms with van der Waals surface area (Å²) < 4.78 is 5.12. The van der Waals surface area contributed by atoms with Crippen LogP contribution in [0.1, 0.15) is 96.8 Å². The Kier molecular flexibility index (Phi) is 25.5. The van der Waals surface area contributed by atoms with Gasteiger partial charge in [0.05, 0.1) is 6.73 Å². The first kappa shape index (κ1) is 24.2. The monoisotopic (exact) mass is 333 g/mol. The molecular formula is C19H40ClNO. The minimum absolute atomic E-state index is 0. The number of hydrogen-bond donors (Lipinski definition) is 1. The van der Waals surface area contributed by atoms with Crippen molar-refractivity contribution in [3.63, 3.8) is 0 Å². The molecule has 2 nitrogen and oxygen atoms in total. The topological polar surface area (TPSA) is 35.2 Å². The van der Waals surface area contributed by atoms with Gasteiger partial charge >= 0.3 is 0 Å². The number of nitrogens with two attached hydrogens (primary N) is 1. The third kappa shape index (κ3) is 22.2. The maximum atomic E-state index is 5.27. The molecule has 0 amide bonds. The van der Waals surface area contributed by atoms with Crippen molar-refractivity contribution in [2.75, 3.05) is 13.3 Å². The highest BCUT2D eigenvalue weighted by atomic mass is 35.5. The summed E-state index contributed by atoms with van der Waals surface area (Å²) in [6.07, 6.45) is 23.6. The number of allylic oxidation sites excluding steroid dienone is 2. The standard InChI is InChI=1S/C19H39NO.ClH/c1-2-3-4-5-6-7-8-9-10-11-12-13-14-15-16-17-18-21-19-20;/h9-10H,2-8,11-20H2,1H3;1H/b10-9-;. The van der Waals surface area contributed by atoms with Gasteiger partial charge in [-0.25, -0.2) is 0 Å². The summed E-state index contributed by atoms with van der Waals surface area (Å²) in [5.74, 6) is 0. The predicted octanol–water partition coefficient (Wildman–Crippen LogP) is 6.38. The lowest BCUT2D eigenvalue weighted by Gasteiger charge is -2.01. The molecule has 0 saturated heterocycles. The predicted molar refractivity (Wildman–Crippen MR) is 102 cm³/mol. The molecule has 0 aliphatic rings. The van der Waals surface area contributed by atoms with Crippen LogP contribution in [0.25, 0.3) is 0 Å². The molecule has 22 heavy (non-hydrogen) atoms. The average molecular weight is 334 g/mol. The van der Waals surface area contributed by atoms with E-state index >= 15 is 0 Å². The van der Waals surface area contributed by atoms with E-state index in [0.717, 1.165) is 13.0 Å². The van der Waals surface area contributed by atoms with Crippen LogP contribution < -0.4 is 5.73 Å². The van der Waals surface area contributed by atoms with E-state index in [-0.39, 0.29) is 12.4 Å². The molecule has 0 spiro atoms. The molecule has 0 aromatic rings. The van der Waals surface area contributed by atoms with Gasteiger partial charge in [-0.3, -0.25) is 0 Å². The summed E-state index contributed by atoms with van der Waals surface area (Å²) in [4.78, 5) is 0. The van der Waals surface area contributed by atoms with E-state index in [4.69, 9.17) is 10.5 Å². The first-order chi connectivity index (χ1) is 10.4. The van der Waals surface area contributed by atoms with Crippen molar-refractivity contribution >= 4 is 12.4 Å². The van der Waals surface area contributed by atoms with Gasteiger partial charge in [0.25, 0.3) is 0 Å². The lowest BCUT2D eigenvalue weighted by molar-refractivity contribution is 0.136. The Hall–Kier alpha value is -0.0500. The maximum Gasteiger partial charge on any atom is 0.0940 e. The van der Waals surface area contributed by atoms with Gasteiger partial charge in [0.1, 0.15) is 0 Å². The number of unbranched alkanes of at least 4 members (excludes halogenated alkanes) is 12. The smallest absolute Gasteiger partial charge is 0.0940 e. The van der Waals surface area contributed by atoms with Gasteiger partial charge in [-0.2, -0.15) is 0 Å². The molecule has 0 heterocycles. The zero-order valence-corrected chi connectivity index (χ0v) is 15.7. The van der Waals surface area contributed by atoms with Gasteiger partial charge in [-0.1, -0.05) is 76.9 Å². The van der Waals surface area contributed by atoms with Crippen molar-refractivity contribution in [2.24, 2.45) is 5.73 Å². The van der Waals surface area contributed by atoms with Crippen molar-refractivity contribution < 1.29 is 4.74 Å². The largest absolute Gasteiger partial charge is 0.367 e. The number of halogens is 1. The number of ether oxygens (including phenoxy) is 1. The molecule has 0 atom stereocenters. The molecule has 0 rings (SSSR count). The van der Waals surface area contributed by atoms with E-state index in [1.54, 1.807) is 0 Å². The Morgan fingerprint density at radius 1 is 0.682 bits per heavy atom. The lowest BCUT2D eigenvalue weighted by Crippen LogP contribution is -2.05. The average Bonchev–Trinajstić information content (AvgIpc) is 2.50. The highest BCUT2D eigenvalue weighted by Crippen LogP contribution is 2.09.